The van der Waals surface area contributed by atoms with Crippen LogP contribution < -0.4 is 5.32 Å². The number of aryl methyl sites for hydroxylation is 1. The molecule has 0 fully saturated rings. The SMILES string of the molecule is Cn1cccc1CNc1cccc2ccncc12. The van der Waals surface area contributed by atoms with Gasteiger partial charge in [-0.2, -0.15) is 0 Å². The minimum Gasteiger partial charge on any atom is -0.379 e. The normalized spacial score (nSPS) is 10.7. The number of fused-ring (bicyclic) bond motifs is 1. The van der Waals surface area contributed by atoms with Gasteiger partial charge in [0.25, 0.3) is 0 Å². The van der Waals surface area contributed by atoms with Crippen LogP contribution in [0, 0.1) is 0 Å². The lowest BCUT2D eigenvalue weighted by atomic mass is 10.1. The fourth-order valence-electron chi connectivity index (χ4n) is 2.13. The van der Waals surface area contributed by atoms with Crippen LogP contribution in [0.25, 0.3) is 10.8 Å². The Balaban J connectivity index is 1.89. The number of nitrogens with one attached hydrogen (secondary N) is 1. The van der Waals surface area contributed by atoms with Gasteiger partial charge in [0.15, 0.2) is 0 Å². The van der Waals surface area contributed by atoms with Gasteiger partial charge in [-0.3, -0.25) is 4.98 Å². The molecule has 18 heavy (non-hydrogen) atoms. The van der Waals surface area contributed by atoms with Crippen molar-refractivity contribution in [2.24, 2.45) is 7.05 Å². The second kappa shape index (κ2) is 4.53. The number of anilines is 1. The first-order valence-corrected chi connectivity index (χ1v) is 6.01. The summed E-state index contributed by atoms with van der Waals surface area (Å²) in [6, 6.07) is 12.5. The van der Waals surface area contributed by atoms with Crippen molar-refractivity contribution >= 4 is 16.5 Å². The maximum atomic E-state index is 4.19. The molecule has 3 aromatic rings. The summed E-state index contributed by atoms with van der Waals surface area (Å²) >= 11 is 0. The molecule has 3 nitrogen and oxygen atoms in total. The highest BCUT2D eigenvalue weighted by molar-refractivity contribution is 5.92. The van der Waals surface area contributed by atoms with Crippen molar-refractivity contribution in [2.45, 2.75) is 6.54 Å². The van der Waals surface area contributed by atoms with Crippen molar-refractivity contribution in [3.8, 4) is 0 Å². The molecule has 3 rings (SSSR count). The summed E-state index contributed by atoms with van der Waals surface area (Å²) in [6.45, 7) is 0.817. The third-order valence-electron chi connectivity index (χ3n) is 3.19. The molecule has 0 spiro atoms. The number of hydrogen-bond acceptors (Lipinski definition) is 2. The molecule has 0 amide bonds. The molecule has 0 atom stereocenters. The van der Waals surface area contributed by atoms with E-state index in [9.17, 15) is 0 Å². The largest absolute Gasteiger partial charge is 0.379 e. The average Bonchev–Trinajstić information content (AvgIpc) is 2.82. The molecule has 90 valence electrons. The Hall–Kier alpha value is -2.29. The van der Waals surface area contributed by atoms with E-state index in [0.29, 0.717) is 0 Å². The van der Waals surface area contributed by atoms with E-state index >= 15 is 0 Å². The van der Waals surface area contributed by atoms with Crippen LogP contribution in [0.2, 0.25) is 0 Å². The maximum Gasteiger partial charge on any atom is 0.0553 e. The van der Waals surface area contributed by atoms with Crippen LogP contribution in [0.3, 0.4) is 0 Å². The Kier molecular flexibility index (Phi) is 2.73. The zero-order valence-electron chi connectivity index (χ0n) is 10.3. The zero-order chi connectivity index (χ0) is 12.4. The minimum absolute atomic E-state index is 0.817. The van der Waals surface area contributed by atoms with Gasteiger partial charge in [-0.25, -0.2) is 0 Å². The smallest absolute Gasteiger partial charge is 0.0553 e. The minimum atomic E-state index is 0.817. The molecule has 0 saturated heterocycles. The quantitative estimate of drug-likeness (QED) is 0.758. The Bertz CT molecular complexity index is 665. The lowest BCUT2D eigenvalue weighted by Gasteiger charge is -2.10. The summed E-state index contributed by atoms with van der Waals surface area (Å²) in [6.07, 6.45) is 5.79. The van der Waals surface area contributed by atoms with Crippen molar-refractivity contribution in [1.82, 2.24) is 9.55 Å². The Labute approximate surface area is 106 Å². The van der Waals surface area contributed by atoms with Crippen LogP contribution >= 0.6 is 0 Å². The van der Waals surface area contributed by atoms with Gasteiger partial charge in [0.05, 0.1) is 6.54 Å². The van der Waals surface area contributed by atoms with E-state index in [2.05, 4.69) is 58.4 Å². The molecule has 0 aliphatic carbocycles. The molecule has 3 heteroatoms. The Morgan fingerprint density at radius 1 is 1.17 bits per heavy atom. The number of rotatable bonds is 3. The van der Waals surface area contributed by atoms with Crippen molar-refractivity contribution in [3.63, 3.8) is 0 Å². The second-order valence-electron chi connectivity index (χ2n) is 4.37. The highest BCUT2D eigenvalue weighted by atomic mass is 15.0. The molecule has 0 saturated carbocycles. The molecule has 0 radical (unpaired) electrons. The molecular formula is C15H15N3. The molecule has 0 bridgehead atoms. The van der Waals surface area contributed by atoms with E-state index < -0.39 is 0 Å². The molecule has 2 aromatic heterocycles. The predicted molar refractivity (Wildman–Crippen MR) is 74.5 cm³/mol. The van der Waals surface area contributed by atoms with E-state index in [1.54, 1.807) is 0 Å². The van der Waals surface area contributed by atoms with E-state index in [1.807, 2.05) is 18.5 Å². The summed E-state index contributed by atoms with van der Waals surface area (Å²) in [5.74, 6) is 0. The maximum absolute atomic E-state index is 4.19. The third kappa shape index (κ3) is 1.95. The van der Waals surface area contributed by atoms with Crippen molar-refractivity contribution < 1.29 is 0 Å². The van der Waals surface area contributed by atoms with Crippen molar-refractivity contribution in [1.29, 1.82) is 0 Å². The topological polar surface area (TPSA) is 29.9 Å². The number of nitrogens with zero attached hydrogens (tertiary/aromatic N) is 2. The molecule has 0 aliphatic heterocycles. The molecule has 1 aromatic carbocycles. The molecule has 0 unspecified atom stereocenters. The fourth-order valence-corrected chi connectivity index (χ4v) is 2.13. The van der Waals surface area contributed by atoms with E-state index in [1.165, 1.54) is 11.1 Å². The number of pyridine rings is 1. The molecule has 0 aliphatic rings. The van der Waals surface area contributed by atoms with Gasteiger partial charge < -0.3 is 9.88 Å². The van der Waals surface area contributed by atoms with Crippen molar-refractivity contribution in [2.75, 3.05) is 5.32 Å². The monoisotopic (exact) mass is 237 g/mol. The number of aromatic nitrogens is 2. The number of hydrogen-bond donors (Lipinski definition) is 1. The van der Waals surface area contributed by atoms with Crippen LogP contribution in [0.4, 0.5) is 5.69 Å². The summed E-state index contributed by atoms with van der Waals surface area (Å²) in [7, 11) is 2.06. The van der Waals surface area contributed by atoms with Gasteiger partial charge in [-0.05, 0) is 29.7 Å². The summed E-state index contributed by atoms with van der Waals surface area (Å²) in [5.41, 5.74) is 2.39. The van der Waals surface area contributed by atoms with Gasteiger partial charge in [-0.15, -0.1) is 0 Å². The first-order valence-electron chi connectivity index (χ1n) is 6.01. The first-order chi connectivity index (χ1) is 8.84. The molecule has 2 heterocycles. The second-order valence-corrected chi connectivity index (χ2v) is 4.37. The third-order valence-corrected chi connectivity index (χ3v) is 3.19. The highest BCUT2D eigenvalue weighted by Crippen LogP contribution is 2.22. The Morgan fingerprint density at radius 3 is 2.94 bits per heavy atom. The van der Waals surface area contributed by atoms with Crippen LogP contribution in [0.1, 0.15) is 5.69 Å². The molecular weight excluding hydrogens is 222 g/mol. The lowest BCUT2D eigenvalue weighted by Crippen LogP contribution is -2.04. The summed E-state index contributed by atoms with van der Waals surface area (Å²) < 4.78 is 2.12. The van der Waals surface area contributed by atoms with Crippen LogP contribution in [0.15, 0.2) is 55.0 Å². The Morgan fingerprint density at radius 2 is 2.11 bits per heavy atom. The molecule has 1 N–H and O–H groups in total. The van der Waals surface area contributed by atoms with Gasteiger partial charge in [0.1, 0.15) is 0 Å². The zero-order valence-corrected chi connectivity index (χ0v) is 10.3. The van der Waals surface area contributed by atoms with E-state index in [4.69, 9.17) is 0 Å². The standard InChI is InChI=1S/C15H15N3/c1-18-9-3-5-13(18)10-17-15-6-2-4-12-7-8-16-11-14(12)15/h2-9,11,17H,10H2,1H3. The van der Waals surface area contributed by atoms with Gasteiger partial charge >= 0.3 is 0 Å². The summed E-state index contributed by atoms with van der Waals surface area (Å²) in [5, 5.41) is 5.84. The van der Waals surface area contributed by atoms with E-state index in [-0.39, 0.29) is 0 Å². The summed E-state index contributed by atoms with van der Waals surface area (Å²) in [4.78, 5) is 4.19. The van der Waals surface area contributed by atoms with Crippen LogP contribution in [-0.2, 0) is 13.6 Å². The predicted octanol–water partition coefficient (Wildman–Crippen LogP) is 3.19. The van der Waals surface area contributed by atoms with Gasteiger partial charge in [0.2, 0.25) is 0 Å². The van der Waals surface area contributed by atoms with Crippen molar-refractivity contribution in [3.05, 3.63) is 60.7 Å². The average molecular weight is 237 g/mol. The van der Waals surface area contributed by atoms with Crippen LogP contribution in [-0.4, -0.2) is 9.55 Å². The van der Waals surface area contributed by atoms with Gasteiger partial charge in [-0.1, -0.05) is 12.1 Å². The number of benzene rings is 1. The first kappa shape index (κ1) is 10.8. The fraction of sp³-hybridized carbons (Fsp3) is 0.133. The van der Waals surface area contributed by atoms with E-state index in [0.717, 1.165) is 17.6 Å². The van der Waals surface area contributed by atoms with Crippen LogP contribution in [0.5, 0.6) is 0 Å². The van der Waals surface area contributed by atoms with Gasteiger partial charge in [0, 0.05) is 42.4 Å². The lowest BCUT2D eigenvalue weighted by molar-refractivity contribution is 0.843. The highest BCUT2D eigenvalue weighted by Gasteiger charge is 2.01.